The van der Waals surface area contributed by atoms with Crippen molar-refractivity contribution >= 4 is 5.91 Å². The second-order valence-corrected chi connectivity index (χ2v) is 6.85. The highest BCUT2D eigenvalue weighted by Gasteiger charge is 2.35. The van der Waals surface area contributed by atoms with Gasteiger partial charge in [-0.1, -0.05) is 33.1 Å². The minimum absolute atomic E-state index is 0.0850. The maximum Gasteiger partial charge on any atom is 0.224 e. The summed E-state index contributed by atoms with van der Waals surface area (Å²) in [5, 5.41) is 3.46. The summed E-state index contributed by atoms with van der Waals surface area (Å²) in [7, 11) is 2.03. The fourth-order valence-electron chi connectivity index (χ4n) is 3.63. The number of hydrogen-bond acceptors (Lipinski definition) is 2. The van der Waals surface area contributed by atoms with E-state index >= 15 is 0 Å². The van der Waals surface area contributed by atoms with Gasteiger partial charge in [-0.25, -0.2) is 0 Å². The number of likely N-dealkylation sites (tertiary alicyclic amines) is 1. The quantitative estimate of drug-likeness (QED) is 0.852. The Bertz CT molecular complexity index is 310. The lowest BCUT2D eigenvalue weighted by molar-refractivity contribution is -0.135. The van der Waals surface area contributed by atoms with Gasteiger partial charge in [0.25, 0.3) is 0 Å². The Morgan fingerprint density at radius 2 is 1.89 bits per heavy atom. The van der Waals surface area contributed by atoms with Crippen LogP contribution < -0.4 is 5.32 Å². The first kappa shape index (κ1) is 14.8. The van der Waals surface area contributed by atoms with Gasteiger partial charge >= 0.3 is 0 Å². The van der Waals surface area contributed by atoms with Crippen LogP contribution in [0.2, 0.25) is 0 Å². The van der Waals surface area contributed by atoms with Crippen LogP contribution in [0, 0.1) is 11.8 Å². The molecule has 1 amide bonds. The topological polar surface area (TPSA) is 32.3 Å². The minimum Gasteiger partial charge on any atom is -0.342 e. The van der Waals surface area contributed by atoms with Gasteiger partial charge in [-0.15, -0.1) is 0 Å². The van der Waals surface area contributed by atoms with Crippen molar-refractivity contribution in [2.45, 2.75) is 64.3 Å². The Hall–Kier alpha value is -0.570. The first-order chi connectivity index (χ1) is 9.06. The molecule has 19 heavy (non-hydrogen) atoms. The Morgan fingerprint density at radius 1 is 1.21 bits per heavy atom. The third kappa shape index (κ3) is 3.50. The molecule has 2 atom stereocenters. The number of piperidine rings is 1. The van der Waals surface area contributed by atoms with Crippen LogP contribution in [0.3, 0.4) is 0 Å². The molecule has 1 heterocycles. The van der Waals surface area contributed by atoms with Crippen molar-refractivity contribution in [3.8, 4) is 0 Å². The van der Waals surface area contributed by atoms with Gasteiger partial charge in [0.15, 0.2) is 0 Å². The molecule has 1 aliphatic heterocycles. The van der Waals surface area contributed by atoms with Crippen molar-refractivity contribution in [1.82, 2.24) is 10.2 Å². The lowest BCUT2D eigenvalue weighted by Gasteiger charge is -2.40. The number of hydrogen-bond donors (Lipinski definition) is 1. The smallest absolute Gasteiger partial charge is 0.224 e. The third-order valence-electron chi connectivity index (χ3n) is 5.52. The minimum atomic E-state index is 0.0850. The predicted molar refractivity (Wildman–Crippen MR) is 79.0 cm³/mol. The molecule has 1 saturated carbocycles. The van der Waals surface area contributed by atoms with Gasteiger partial charge in [0, 0.05) is 25.0 Å². The van der Waals surface area contributed by atoms with Crippen molar-refractivity contribution in [2.75, 3.05) is 20.1 Å². The first-order valence-corrected chi connectivity index (χ1v) is 8.03. The molecule has 3 heteroatoms. The van der Waals surface area contributed by atoms with E-state index in [9.17, 15) is 4.79 Å². The average Bonchev–Trinajstić information content (AvgIpc) is 2.43. The Labute approximate surface area is 118 Å². The Morgan fingerprint density at radius 3 is 2.47 bits per heavy atom. The Kier molecular flexibility index (Phi) is 4.88. The molecular formula is C16H30N2O. The van der Waals surface area contributed by atoms with E-state index in [-0.39, 0.29) is 5.54 Å². The largest absolute Gasteiger partial charge is 0.342 e. The maximum atomic E-state index is 12.6. The average molecular weight is 266 g/mol. The summed E-state index contributed by atoms with van der Waals surface area (Å²) in [6.07, 6.45) is 8.05. The van der Waals surface area contributed by atoms with E-state index < -0.39 is 0 Å². The predicted octanol–water partition coefficient (Wildman–Crippen LogP) is 2.80. The maximum absolute atomic E-state index is 12.6. The second kappa shape index (κ2) is 6.25. The molecule has 0 aromatic rings. The monoisotopic (exact) mass is 266 g/mol. The van der Waals surface area contributed by atoms with Crippen molar-refractivity contribution < 1.29 is 4.79 Å². The van der Waals surface area contributed by atoms with E-state index in [4.69, 9.17) is 0 Å². The molecule has 110 valence electrons. The van der Waals surface area contributed by atoms with Crippen LogP contribution in [-0.4, -0.2) is 36.5 Å². The summed E-state index contributed by atoms with van der Waals surface area (Å²) >= 11 is 0. The van der Waals surface area contributed by atoms with E-state index in [0.717, 1.165) is 31.8 Å². The molecule has 1 N–H and O–H groups in total. The van der Waals surface area contributed by atoms with Gasteiger partial charge < -0.3 is 10.2 Å². The van der Waals surface area contributed by atoms with Crippen molar-refractivity contribution in [3.63, 3.8) is 0 Å². The standard InChI is InChI=1S/C16H30N2O/c1-13-7-10-18(12-14(13)2)15(19)11-16(17-3)8-5-4-6-9-16/h13-14,17H,4-12H2,1-3H3. The normalized spacial score (nSPS) is 31.2. The molecule has 1 aliphatic carbocycles. The molecular weight excluding hydrogens is 236 g/mol. The van der Waals surface area contributed by atoms with Crippen molar-refractivity contribution in [1.29, 1.82) is 0 Å². The number of amides is 1. The summed E-state index contributed by atoms with van der Waals surface area (Å²) in [5.41, 5.74) is 0.0850. The fourth-order valence-corrected chi connectivity index (χ4v) is 3.63. The zero-order valence-corrected chi connectivity index (χ0v) is 12.9. The summed E-state index contributed by atoms with van der Waals surface area (Å²) in [5.74, 6) is 1.78. The summed E-state index contributed by atoms with van der Waals surface area (Å²) in [4.78, 5) is 14.7. The molecule has 2 unspecified atom stereocenters. The second-order valence-electron chi connectivity index (χ2n) is 6.85. The van der Waals surface area contributed by atoms with E-state index in [1.807, 2.05) is 7.05 Å². The van der Waals surface area contributed by atoms with Crippen LogP contribution in [0.5, 0.6) is 0 Å². The number of carbonyl (C=O) groups excluding carboxylic acids is 1. The fraction of sp³-hybridized carbons (Fsp3) is 0.938. The molecule has 2 aliphatic rings. The van der Waals surface area contributed by atoms with Crippen molar-refractivity contribution in [3.05, 3.63) is 0 Å². The van der Waals surface area contributed by atoms with Gasteiger partial charge in [-0.2, -0.15) is 0 Å². The summed E-state index contributed by atoms with van der Waals surface area (Å²) in [6, 6.07) is 0. The molecule has 0 radical (unpaired) electrons. The zero-order chi connectivity index (χ0) is 13.9. The molecule has 0 spiro atoms. The zero-order valence-electron chi connectivity index (χ0n) is 12.9. The highest BCUT2D eigenvalue weighted by molar-refractivity contribution is 5.77. The van der Waals surface area contributed by atoms with Gasteiger partial charge in [0.05, 0.1) is 0 Å². The lowest BCUT2D eigenvalue weighted by Crippen LogP contribution is -2.51. The number of nitrogens with zero attached hydrogens (tertiary/aromatic N) is 1. The highest BCUT2D eigenvalue weighted by Crippen LogP contribution is 2.32. The highest BCUT2D eigenvalue weighted by atomic mass is 16.2. The van der Waals surface area contributed by atoms with Crippen LogP contribution in [0.4, 0.5) is 0 Å². The van der Waals surface area contributed by atoms with Crippen LogP contribution in [0.15, 0.2) is 0 Å². The van der Waals surface area contributed by atoms with Crippen LogP contribution in [0.25, 0.3) is 0 Å². The first-order valence-electron chi connectivity index (χ1n) is 8.03. The van der Waals surface area contributed by atoms with Gasteiger partial charge in [0.2, 0.25) is 5.91 Å². The third-order valence-corrected chi connectivity index (χ3v) is 5.52. The van der Waals surface area contributed by atoms with Gasteiger partial charge in [-0.3, -0.25) is 4.79 Å². The molecule has 1 saturated heterocycles. The lowest BCUT2D eigenvalue weighted by atomic mass is 9.78. The number of carbonyl (C=O) groups is 1. The number of rotatable bonds is 3. The van der Waals surface area contributed by atoms with Gasteiger partial charge in [0.1, 0.15) is 0 Å². The molecule has 2 rings (SSSR count). The summed E-state index contributed by atoms with van der Waals surface area (Å²) < 4.78 is 0. The SMILES string of the molecule is CNC1(CC(=O)N2CCC(C)C(C)C2)CCCCC1. The molecule has 0 bridgehead atoms. The molecule has 3 nitrogen and oxygen atoms in total. The molecule has 2 fully saturated rings. The number of nitrogens with one attached hydrogen (secondary N) is 1. The molecule has 0 aromatic carbocycles. The van der Waals surface area contributed by atoms with Crippen LogP contribution in [-0.2, 0) is 4.79 Å². The van der Waals surface area contributed by atoms with Crippen LogP contribution in [0.1, 0.15) is 58.8 Å². The van der Waals surface area contributed by atoms with Gasteiger partial charge in [-0.05, 0) is 38.1 Å². The van der Waals surface area contributed by atoms with E-state index in [2.05, 4.69) is 24.1 Å². The molecule has 0 aromatic heterocycles. The van der Waals surface area contributed by atoms with E-state index in [0.29, 0.717) is 18.2 Å². The van der Waals surface area contributed by atoms with E-state index in [1.165, 1.54) is 25.7 Å². The van der Waals surface area contributed by atoms with Crippen molar-refractivity contribution in [2.24, 2.45) is 11.8 Å². The Balaban J connectivity index is 1.92. The van der Waals surface area contributed by atoms with E-state index in [1.54, 1.807) is 0 Å². The summed E-state index contributed by atoms with van der Waals surface area (Å²) in [6.45, 7) is 6.51. The van der Waals surface area contributed by atoms with Crippen LogP contribution >= 0.6 is 0 Å².